The van der Waals surface area contributed by atoms with Crippen molar-refractivity contribution in [1.29, 1.82) is 5.26 Å². The first kappa shape index (κ1) is 15.1. The van der Waals surface area contributed by atoms with E-state index in [-0.39, 0.29) is 0 Å². The van der Waals surface area contributed by atoms with Crippen molar-refractivity contribution in [3.63, 3.8) is 0 Å². The third kappa shape index (κ3) is 4.34. The summed E-state index contributed by atoms with van der Waals surface area (Å²) in [6, 6.07) is 18.4. The van der Waals surface area contributed by atoms with E-state index in [9.17, 15) is 0 Å². The van der Waals surface area contributed by atoms with Gasteiger partial charge in [-0.15, -0.1) is 0 Å². The number of ether oxygens (including phenoxy) is 1. The van der Waals surface area contributed by atoms with Crippen LogP contribution in [-0.4, -0.2) is 25.6 Å². The van der Waals surface area contributed by atoms with Crippen molar-refractivity contribution in [3.05, 3.63) is 65.2 Å². The van der Waals surface area contributed by atoms with Crippen molar-refractivity contribution >= 4 is 0 Å². The molecule has 2 aromatic rings. The predicted octanol–water partition coefficient (Wildman–Crippen LogP) is 3.24. The Labute approximate surface area is 126 Å². The fraction of sp³-hybridized carbons (Fsp3) is 0.278. The molecule has 3 heteroatoms. The van der Waals surface area contributed by atoms with Crippen molar-refractivity contribution in [2.75, 3.05) is 20.7 Å². The van der Waals surface area contributed by atoms with Crippen molar-refractivity contribution < 1.29 is 4.74 Å². The summed E-state index contributed by atoms with van der Waals surface area (Å²) >= 11 is 0. The molecule has 0 aliphatic carbocycles. The molecular weight excluding hydrogens is 260 g/mol. The summed E-state index contributed by atoms with van der Waals surface area (Å²) in [5.41, 5.74) is 3.06. The van der Waals surface area contributed by atoms with Gasteiger partial charge in [-0.2, -0.15) is 5.26 Å². The smallest absolute Gasteiger partial charge is 0.136 e. The van der Waals surface area contributed by atoms with E-state index < -0.39 is 0 Å². The lowest BCUT2D eigenvalue weighted by Gasteiger charge is -2.17. The van der Waals surface area contributed by atoms with E-state index in [1.807, 2.05) is 24.3 Å². The summed E-state index contributed by atoms with van der Waals surface area (Å²) in [5.74, 6) is 0.633. The highest BCUT2D eigenvalue weighted by Crippen LogP contribution is 2.19. The van der Waals surface area contributed by atoms with Crippen LogP contribution >= 0.6 is 0 Å². The fourth-order valence-corrected chi connectivity index (χ4v) is 2.30. The van der Waals surface area contributed by atoms with Crippen LogP contribution in [0.4, 0.5) is 0 Å². The third-order valence-electron chi connectivity index (χ3n) is 3.46. The van der Waals surface area contributed by atoms with Crippen molar-refractivity contribution in [3.8, 4) is 11.8 Å². The van der Waals surface area contributed by atoms with Gasteiger partial charge in [0.1, 0.15) is 11.8 Å². The van der Waals surface area contributed by atoms with Gasteiger partial charge in [-0.05, 0) is 36.7 Å². The minimum atomic E-state index is 0.589. The Kier molecular flexibility index (Phi) is 5.36. The second kappa shape index (κ2) is 7.47. The molecule has 3 nitrogen and oxygen atoms in total. The Morgan fingerprint density at radius 1 is 1.10 bits per heavy atom. The molecule has 0 aliphatic rings. The number of hydrogen-bond acceptors (Lipinski definition) is 3. The minimum absolute atomic E-state index is 0.589. The Morgan fingerprint density at radius 2 is 1.86 bits per heavy atom. The van der Waals surface area contributed by atoms with Gasteiger partial charge in [0.25, 0.3) is 0 Å². The van der Waals surface area contributed by atoms with Gasteiger partial charge in [-0.25, -0.2) is 0 Å². The molecule has 0 radical (unpaired) electrons. The van der Waals surface area contributed by atoms with Gasteiger partial charge in [-0.3, -0.25) is 0 Å². The van der Waals surface area contributed by atoms with Gasteiger partial charge in [0.2, 0.25) is 0 Å². The van der Waals surface area contributed by atoms with Crippen LogP contribution in [0.5, 0.6) is 5.75 Å². The molecule has 0 fully saturated rings. The molecule has 2 rings (SSSR count). The molecule has 0 spiro atoms. The van der Waals surface area contributed by atoms with E-state index in [0.29, 0.717) is 11.3 Å². The van der Waals surface area contributed by atoms with Crippen molar-refractivity contribution in [2.24, 2.45) is 0 Å². The van der Waals surface area contributed by atoms with Crippen LogP contribution in [-0.2, 0) is 13.0 Å². The lowest BCUT2D eigenvalue weighted by molar-refractivity contribution is 0.331. The van der Waals surface area contributed by atoms with Gasteiger partial charge in [0, 0.05) is 13.1 Å². The molecule has 0 amide bonds. The van der Waals surface area contributed by atoms with Crippen LogP contribution in [0, 0.1) is 11.3 Å². The van der Waals surface area contributed by atoms with Gasteiger partial charge in [0.15, 0.2) is 0 Å². The van der Waals surface area contributed by atoms with E-state index in [1.165, 1.54) is 5.56 Å². The number of benzene rings is 2. The molecule has 0 aromatic heterocycles. The normalized spacial score (nSPS) is 10.4. The number of rotatable bonds is 6. The summed E-state index contributed by atoms with van der Waals surface area (Å²) in [6.45, 7) is 1.81. The monoisotopic (exact) mass is 280 g/mol. The van der Waals surface area contributed by atoms with Crippen LogP contribution in [0.2, 0.25) is 0 Å². The Morgan fingerprint density at radius 3 is 2.52 bits per heavy atom. The summed E-state index contributed by atoms with van der Waals surface area (Å²) in [7, 11) is 3.68. The van der Waals surface area contributed by atoms with Crippen LogP contribution < -0.4 is 4.74 Å². The number of hydrogen-bond donors (Lipinski definition) is 0. The number of methoxy groups -OCH3 is 1. The second-order valence-corrected chi connectivity index (χ2v) is 5.12. The molecule has 0 unspecified atom stereocenters. The Bertz CT molecular complexity index is 617. The van der Waals surface area contributed by atoms with Gasteiger partial charge < -0.3 is 9.64 Å². The molecule has 0 aliphatic heterocycles. The van der Waals surface area contributed by atoms with E-state index >= 15 is 0 Å². The lowest BCUT2D eigenvalue weighted by Crippen LogP contribution is -2.20. The standard InChI is InChI=1S/C18H20N2O/c1-20(11-10-15-6-4-3-5-7-15)14-16-8-9-18(21-2)17(12-16)13-19/h3-9,12H,10-11,14H2,1-2H3. The molecule has 0 atom stereocenters. The average Bonchev–Trinajstić information content (AvgIpc) is 2.53. The molecule has 108 valence electrons. The summed E-state index contributed by atoms with van der Waals surface area (Å²) < 4.78 is 5.17. The lowest BCUT2D eigenvalue weighted by atomic mass is 10.1. The first-order valence-corrected chi connectivity index (χ1v) is 7.02. The molecule has 0 bridgehead atoms. The van der Waals surface area contributed by atoms with E-state index in [0.717, 1.165) is 25.1 Å². The molecule has 21 heavy (non-hydrogen) atoms. The molecule has 2 aromatic carbocycles. The first-order chi connectivity index (χ1) is 10.2. The Hall–Kier alpha value is -2.31. The largest absolute Gasteiger partial charge is 0.495 e. The maximum Gasteiger partial charge on any atom is 0.136 e. The Balaban J connectivity index is 1.93. The van der Waals surface area contributed by atoms with Gasteiger partial charge in [-0.1, -0.05) is 36.4 Å². The minimum Gasteiger partial charge on any atom is -0.495 e. The molecule has 0 heterocycles. The topological polar surface area (TPSA) is 36.3 Å². The molecular formula is C18H20N2O. The zero-order valence-corrected chi connectivity index (χ0v) is 12.5. The number of nitriles is 1. The van der Waals surface area contributed by atoms with Crippen LogP contribution in [0.1, 0.15) is 16.7 Å². The summed E-state index contributed by atoms with van der Waals surface area (Å²) in [6.07, 6.45) is 1.03. The van der Waals surface area contributed by atoms with Crippen molar-refractivity contribution in [1.82, 2.24) is 4.90 Å². The second-order valence-electron chi connectivity index (χ2n) is 5.12. The van der Waals surface area contributed by atoms with E-state index in [4.69, 9.17) is 10.00 Å². The van der Waals surface area contributed by atoms with Gasteiger partial charge >= 0.3 is 0 Å². The maximum absolute atomic E-state index is 9.12. The SMILES string of the molecule is COc1ccc(CN(C)CCc2ccccc2)cc1C#N. The average molecular weight is 280 g/mol. The molecule has 0 saturated heterocycles. The first-order valence-electron chi connectivity index (χ1n) is 7.02. The highest BCUT2D eigenvalue weighted by Gasteiger charge is 2.06. The van der Waals surface area contributed by atoms with Gasteiger partial charge in [0.05, 0.1) is 12.7 Å². The zero-order chi connectivity index (χ0) is 15.1. The zero-order valence-electron chi connectivity index (χ0n) is 12.5. The van der Waals surface area contributed by atoms with E-state index in [1.54, 1.807) is 7.11 Å². The van der Waals surface area contributed by atoms with Crippen molar-refractivity contribution in [2.45, 2.75) is 13.0 Å². The van der Waals surface area contributed by atoms with E-state index in [2.05, 4.69) is 42.3 Å². The van der Waals surface area contributed by atoms with Crippen LogP contribution in [0.15, 0.2) is 48.5 Å². The summed E-state index contributed by atoms with van der Waals surface area (Å²) in [5, 5.41) is 9.12. The third-order valence-corrected chi connectivity index (χ3v) is 3.46. The van der Waals surface area contributed by atoms with Crippen LogP contribution in [0.3, 0.4) is 0 Å². The fourth-order valence-electron chi connectivity index (χ4n) is 2.30. The quantitative estimate of drug-likeness (QED) is 0.815. The number of nitrogens with zero attached hydrogens (tertiary/aromatic N) is 2. The highest BCUT2D eigenvalue weighted by atomic mass is 16.5. The summed E-state index contributed by atoms with van der Waals surface area (Å²) in [4.78, 5) is 2.26. The maximum atomic E-state index is 9.12. The molecule has 0 saturated carbocycles. The van der Waals surface area contributed by atoms with Crippen LogP contribution in [0.25, 0.3) is 0 Å². The molecule has 0 N–H and O–H groups in total. The highest BCUT2D eigenvalue weighted by molar-refractivity contribution is 5.45. The number of likely N-dealkylation sites (N-methyl/N-ethyl adjacent to an activating group) is 1. The predicted molar refractivity (Wildman–Crippen MR) is 84.2 cm³/mol.